The van der Waals surface area contributed by atoms with Crippen molar-refractivity contribution in [2.45, 2.75) is 6.92 Å². The zero-order chi connectivity index (χ0) is 11.2. The summed E-state index contributed by atoms with van der Waals surface area (Å²) in [5.74, 6) is 0. The summed E-state index contributed by atoms with van der Waals surface area (Å²) in [6.45, 7) is 1.97. The molecule has 0 aliphatic heterocycles. The Morgan fingerprint density at radius 1 is 1.06 bits per heavy atom. The van der Waals surface area contributed by atoms with Gasteiger partial charge < -0.3 is 4.98 Å². The summed E-state index contributed by atoms with van der Waals surface area (Å²) in [6, 6.07) is 12.1. The van der Waals surface area contributed by atoms with Crippen LogP contribution in [0.15, 0.2) is 55.1 Å². The Kier molecular flexibility index (Phi) is 3.28. The maximum Gasteiger partial charge on any atom is 0.0921 e. The van der Waals surface area contributed by atoms with Crippen LogP contribution in [0.1, 0.15) is 5.69 Å². The van der Waals surface area contributed by atoms with Gasteiger partial charge in [0.25, 0.3) is 0 Å². The van der Waals surface area contributed by atoms with Crippen molar-refractivity contribution >= 4 is 10.9 Å². The molecule has 2 heterocycles. The maximum absolute atomic E-state index is 4.18. The zero-order valence-electron chi connectivity index (χ0n) is 9.09. The van der Waals surface area contributed by atoms with Gasteiger partial charge in [-0.2, -0.15) is 0 Å². The highest BCUT2D eigenvalue weighted by Gasteiger charge is 1.86. The Labute approximate surface area is 94.2 Å². The molecule has 3 nitrogen and oxygen atoms in total. The summed E-state index contributed by atoms with van der Waals surface area (Å²) in [5, 5.41) is 1.20. The minimum Gasteiger partial charge on any atom is -0.349 e. The first-order valence-corrected chi connectivity index (χ1v) is 5.11. The fourth-order valence-electron chi connectivity index (χ4n) is 1.34. The third-order valence-corrected chi connectivity index (χ3v) is 2.15. The third-order valence-electron chi connectivity index (χ3n) is 2.15. The number of nitrogens with one attached hydrogen (secondary N) is 1. The van der Waals surface area contributed by atoms with E-state index in [1.165, 1.54) is 5.39 Å². The molecule has 0 radical (unpaired) electrons. The number of hydrogen-bond acceptors (Lipinski definition) is 2. The van der Waals surface area contributed by atoms with Crippen LogP contribution in [0.5, 0.6) is 0 Å². The van der Waals surface area contributed by atoms with Crippen molar-refractivity contribution in [2.75, 3.05) is 0 Å². The normalized spacial score (nSPS) is 9.56. The van der Waals surface area contributed by atoms with Crippen molar-refractivity contribution in [1.29, 1.82) is 0 Å². The minimum absolute atomic E-state index is 1.06. The van der Waals surface area contributed by atoms with Crippen LogP contribution < -0.4 is 0 Å². The predicted octanol–water partition coefficient (Wildman–Crippen LogP) is 2.95. The highest BCUT2D eigenvalue weighted by atomic mass is 14.8. The molecule has 0 saturated heterocycles. The van der Waals surface area contributed by atoms with Gasteiger partial charge in [0, 0.05) is 23.5 Å². The molecule has 0 fully saturated rings. The van der Waals surface area contributed by atoms with Gasteiger partial charge in [0.2, 0.25) is 0 Å². The lowest BCUT2D eigenvalue weighted by molar-refractivity contribution is 1.25. The van der Waals surface area contributed by atoms with Crippen molar-refractivity contribution in [2.24, 2.45) is 0 Å². The van der Waals surface area contributed by atoms with Gasteiger partial charge in [0.1, 0.15) is 0 Å². The van der Waals surface area contributed by atoms with E-state index in [4.69, 9.17) is 0 Å². The second-order valence-electron chi connectivity index (χ2n) is 3.43. The number of benzene rings is 1. The molecule has 80 valence electrons. The lowest BCUT2D eigenvalue weighted by Gasteiger charge is -1.91. The number of para-hydroxylation sites is 1. The van der Waals surface area contributed by atoms with Crippen LogP contribution in [0.3, 0.4) is 0 Å². The van der Waals surface area contributed by atoms with Gasteiger partial charge in [-0.25, -0.2) is 4.98 Å². The van der Waals surface area contributed by atoms with E-state index in [0.29, 0.717) is 0 Å². The predicted molar refractivity (Wildman–Crippen MR) is 65.1 cm³/mol. The van der Waals surface area contributed by atoms with E-state index in [1.54, 1.807) is 12.5 Å². The van der Waals surface area contributed by atoms with Crippen molar-refractivity contribution in [1.82, 2.24) is 15.0 Å². The fraction of sp³-hybridized carbons (Fsp3) is 0.0769. The van der Waals surface area contributed by atoms with E-state index in [0.717, 1.165) is 11.2 Å². The number of fused-ring (bicyclic) bond motifs is 1. The zero-order valence-corrected chi connectivity index (χ0v) is 9.09. The molecule has 1 N–H and O–H groups in total. The van der Waals surface area contributed by atoms with Gasteiger partial charge in [-0.05, 0) is 19.1 Å². The van der Waals surface area contributed by atoms with E-state index < -0.39 is 0 Å². The first-order valence-electron chi connectivity index (χ1n) is 5.11. The van der Waals surface area contributed by atoms with Gasteiger partial charge in [0.05, 0.1) is 11.8 Å². The van der Waals surface area contributed by atoms with Crippen LogP contribution in [-0.4, -0.2) is 15.0 Å². The molecule has 0 amide bonds. The summed E-state index contributed by atoms with van der Waals surface area (Å²) in [7, 11) is 0. The summed E-state index contributed by atoms with van der Waals surface area (Å²) in [6.07, 6.45) is 5.25. The molecule has 3 heteroatoms. The minimum atomic E-state index is 1.06. The Morgan fingerprint density at radius 2 is 1.88 bits per heavy atom. The smallest absolute Gasteiger partial charge is 0.0921 e. The van der Waals surface area contributed by atoms with Crippen LogP contribution >= 0.6 is 0 Å². The largest absolute Gasteiger partial charge is 0.349 e. The number of hydrogen-bond donors (Lipinski definition) is 1. The van der Waals surface area contributed by atoms with Crippen molar-refractivity contribution in [3.8, 4) is 0 Å². The molecule has 0 aliphatic carbocycles. The van der Waals surface area contributed by atoms with Gasteiger partial charge in [-0.3, -0.25) is 4.98 Å². The molecule has 3 rings (SSSR count). The van der Waals surface area contributed by atoms with Crippen LogP contribution in [-0.2, 0) is 0 Å². The molecule has 0 unspecified atom stereocenters. The quantitative estimate of drug-likeness (QED) is 0.621. The molecule has 0 bridgehead atoms. The SMILES string of the molecule is Cc1cnc[nH]1.c1ccc2ncccc2c1. The molecule has 2 aromatic heterocycles. The number of rotatable bonds is 0. The van der Waals surface area contributed by atoms with Gasteiger partial charge in [-0.1, -0.05) is 24.3 Å². The standard InChI is InChI=1S/C9H7N.C4H6N2/c1-2-6-9-8(4-1)5-3-7-10-9;1-4-2-5-3-6-4/h1-7H;2-3H,1H3,(H,5,6). The van der Waals surface area contributed by atoms with E-state index in [9.17, 15) is 0 Å². The Hall–Kier alpha value is -2.16. The third kappa shape index (κ3) is 2.67. The second-order valence-corrected chi connectivity index (χ2v) is 3.43. The number of imidazole rings is 1. The fourth-order valence-corrected chi connectivity index (χ4v) is 1.34. The van der Waals surface area contributed by atoms with Crippen LogP contribution in [0.4, 0.5) is 0 Å². The molecular formula is C13H13N3. The molecule has 0 saturated carbocycles. The molecule has 0 atom stereocenters. The van der Waals surface area contributed by atoms with E-state index in [2.05, 4.69) is 27.1 Å². The van der Waals surface area contributed by atoms with Crippen LogP contribution in [0, 0.1) is 6.92 Å². The summed E-state index contributed by atoms with van der Waals surface area (Å²) >= 11 is 0. The summed E-state index contributed by atoms with van der Waals surface area (Å²) < 4.78 is 0. The summed E-state index contributed by atoms with van der Waals surface area (Å²) in [5.41, 5.74) is 2.17. The monoisotopic (exact) mass is 211 g/mol. The van der Waals surface area contributed by atoms with Gasteiger partial charge in [0.15, 0.2) is 0 Å². The van der Waals surface area contributed by atoms with Crippen LogP contribution in [0.25, 0.3) is 10.9 Å². The number of nitrogens with zero attached hydrogens (tertiary/aromatic N) is 2. The number of aromatic nitrogens is 3. The maximum atomic E-state index is 4.18. The van der Waals surface area contributed by atoms with Crippen molar-refractivity contribution in [3.05, 3.63) is 60.8 Å². The Bertz CT molecular complexity index is 478. The first kappa shape index (κ1) is 10.4. The molecule has 16 heavy (non-hydrogen) atoms. The molecule has 1 aromatic carbocycles. The van der Waals surface area contributed by atoms with E-state index >= 15 is 0 Å². The topological polar surface area (TPSA) is 41.6 Å². The van der Waals surface area contributed by atoms with Crippen molar-refractivity contribution in [3.63, 3.8) is 0 Å². The summed E-state index contributed by atoms with van der Waals surface area (Å²) in [4.78, 5) is 10.8. The second kappa shape index (κ2) is 5.07. The number of aryl methyl sites for hydroxylation is 1. The molecular weight excluding hydrogens is 198 g/mol. The van der Waals surface area contributed by atoms with Crippen LogP contribution in [0.2, 0.25) is 0 Å². The lowest BCUT2D eigenvalue weighted by atomic mass is 10.2. The van der Waals surface area contributed by atoms with E-state index in [-0.39, 0.29) is 0 Å². The average Bonchev–Trinajstić information content (AvgIpc) is 2.81. The highest BCUT2D eigenvalue weighted by molar-refractivity contribution is 5.77. The lowest BCUT2D eigenvalue weighted by Crippen LogP contribution is -1.73. The average molecular weight is 211 g/mol. The van der Waals surface area contributed by atoms with E-state index in [1.807, 2.05) is 37.4 Å². The molecule has 0 aliphatic rings. The Morgan fingerprint density at radius 3 is 2.50 bits per heavy atom. The number of pyridine rings is 1. The van der Waals surface area contributed by atoms with Gasteiger partial charge in [-0.15, -0.1) is 0 Å². The number of H-pyrrole nitrogens is 1. The highest BCUT2D eigenvalue weighted by Crippen LogP contribution is 2.07. The first-order chi connectivity index (χ1) is 7.86. The van der Waals surface area contributed by atoms with Gasteiger partial charge >= 0.3 is 0 Å². The Balaban J connectivity index is 0.000000138. The van der Waals surface area contributed by atoms with Crippen molar-refractivity contribution < 1.29 is 0 Å². The molecule has 3 aromatic rings. The molecule has 0 spiro atoms. The number of aromatic amines is 1.